The molecule has 0 aliphatic heterocycles. The van der Waals surface area contributed by atoms with E-state index >= 15 is 0 Å². The average Bonchev–Trinajstić information content (AvgIpc) is 2.27. The molecule has 1 aromatic carbocycles. The first kappa shape index (κ1) is 15.9. The molecule has 4 N–H and O–H groups in total. The van der Waals surface area contributed by atoms with Crippen LogP contribution in [0.25, 0.3) is 0 Å². The number of rotatable bonds is 4. The Labute approximate surface area is 116 Å². The Morgan fingerprint density at radius 3 is 2.53 bits per heavy atom. The summed E-state index contributed by atoms with van der Waals surface area (Å²) in [6, 6.07) is 3.75. The summed E-state index contributed by atoms with van der Waals surface area (Å²) >= 11 is 5.72. The Bertz CT molecular complexity index is 599. The number of primary sulfonamides is 1. The summed E-state index contributed by atoms with van der Waals surface area (Å²) in [5.41, 5.74) is -0.728. The number of carbonyl (C=O) groups is 1. The van der Waals surface area contributed by atoms with Gasteiger partial charge in [0, 0.05) is 5.56 Å². The lowest BCUT2D eigenvalue weighted by molar-refractivity contribution is 0.0869. The summed E-state index contributed by atoms with van der Waals surface area (Å²) in [6.45, 7) is 3.00. The molecule has 0 saturated carbocycles. The molecular formula is C11H15ClN2O4S. The maximum atomic E-state index is 11.9. The molecule has 6 nitrogen and oxygen atoms in total. The van der Waals surface area contributed by atoms with Gasteiger partial charge in [-0.1, -0.05) is 11.6 Å². The Morgan fingerprint density at radius 2 is 2.05 bits per heavy atom. The van der Waals surface area contributed by atoms with E-state index in [2.05, 4.69) is 5.32 Å². The highest BCUT2D eigenvalue weighted by atomic mass is 35.5. The van der Waals surface area contributed by atoms with Gasteiger partial charge in [0.05, 0.1) is 17.2 Å². The Morgan fingerprint density at radius 1 is 1.47 bits per heavy atom. The van der Waals surface area contributed by atoms with Crippen molar-refractivity contribution in [2.24, 2.45) is 5.14 Å². The smallest absolute Gasteiger partial charge is 0.251 e. The first-order valence-electron chi connectivity index (χ1n) is 5.32. The van der Waals surface area contributed by atoms with Crippen molar-refractivity contribution in [3.63, 3.8) is 0 Å². The van der Waals surface area contributed by atoms with Crippen molar-refractivity contribution >= 4 is 27.5 Å². The molecule has 0 heterocycles. The second-order valence-electron chi connectivity index (χ2n) is 4.69. The highest BCUT2D eigenvalue weighted by Crippen LogP contribution is 2.21. The van der Waals surface area contributed by atoms with E-state index in [9.17, 15) is 13.2 Å². The van der Waals surface area contributed by atoms with Gasteiger partial charge in [-0.05, 0) is 32.0 Å². The van der Waals surface area contributed by atoms with Gasteiger partial charge in [0.25, 0.3) is 5.91 Å². The van der Waals surface area contributed by atoms with Crippen LogP contribution in [0.15, 0.2) is 23.1 Å². The number of aliphatic hydroxyl groups is 1. The molecule has 1 rings (SSSR count). The SMILES string of the molecule is CC(C)(CO)NC(=O)c1ccc(Cl)c(S(N)(=O)=O)c1. The van der Waals surface area contributed by atoms with Crippen molar-refractivity contribution in [3.05, 3.63) is 28.8 Å². The molecule has 0 bridgehead atoms. The van der Waals surface area contributed by atoms with E-state index in [0.717, 1.165) is 6.07 Å². The van der Waals surface area contributed by atoms with E-state index < -0.39 is 21.5 Å². The van der Waals surface area contributed by atoms with Crippen LogP contribution >= 0.6 is 11.6 Å². The van der Waals surface area contributed by atoms with Crippen LogP contribution in [0.3, 0.4) is 0 Å². The average molecular weight is 307 g/mol. The van der Waals surface area contributed by atoms with Crippen molar-refractivity contribution < 1.29 is 18.3 Å². The predicted octanol–water partition coefficient (Wildman–Crippen LogP) is 0.488. The highest BCUT2D eigenvalue weighted by Gasteiger charge is 2.22. The largest absolute Gasteiger partial charge is 0.394 e. The summed E-state index contributed by atoms with van der Waals surface area (Å²) in [4.78, 5) is 11.6. The fourth-order valence-electron chi connectivity index (χ4n) is 1.28. The number of carbonyl (C=O) groups excluding carboxylic acids is 1. The number of halogens is 1. The minimum atomic E-state index is -4.00. The second-order valence-corrected chi connectivity index (χ2v) is 6.62. The summed E-state index contributed by atoms with van der Waals surface area (Å²) in [5, 5.41) is 16.6. The molecule has 0 fully saturated rings. The highest BCUT2D eigenvalue weighted by molar-refractivity contribution is 7.89. The van der Waals surface area contributed by atoms with Gasteiger partial charge in [0.1, 0.15) is 4.90 Å². The lowest BCUT2D eigenvalue weighted by Gasteiger charge is -2.23. The summed E-state index contributed by atoms with van der Waals surface area (Å²) in [5.74, 6) is -0.527. The molecule has 19 heavy (non-hydrogen) atoms. The van der Waals surface area contributed by atoms with Crippen LogP contribution in [0.2, 0.25) is 5.02 Å². The Hall–Kier alpha value is -1.15. The number of aliphatic hydroxyl groups excluding tert-OH is 1. The van der Waals surface area contributed by atoms with Crippen molar-refractivity contribution in [2.45, 2.75) is 24.3 Å². The number of sulfonamides is 1. The zero-order valence-corrected chi connectivity index (χ0v) is 12.0. The number of benzene rings is 1. The third kappa shape index (κ3) is 4.17. The van der Waals surface area contributed by atoms with E-state index in [0.29, 0.717) is 0 Å². The molecular weight excluding hydrogens is 292 g/mol. The number of amides is 1. The van der Waals surface area contributed by atoms with Crippen LogP contribution in [0.5, 0.6) is 0 Å². The molecule has 8 heteroatoms. The first-order chi connectivity index (χ1) is 8.57. The molecule has 0 unspecified atom stereocenters. The topological polar surface area (TPSA) is 109 Å². The van der Waals surface area contributed by atoms with Crippen molar-refractivity contribution in [1.82, 2.24) is 5.32 Å². The van der Waals surface area contributed by atoms with Gasteiger partial charge in [-0.15, -0.1) is 0 Å². The molecule has 1 aromatic rings. The standard InChI is InChI=1S/C11H15ClN2O4S/c1-11(2,6-15)14-10(16)7-3-4-8(12)9(5-7)19(13,17)18/h3-5,15H,6H2,1-2H3,(H,14,16)(H2,13,17,18). The molecule has 106 valence electrons. The van der Waals surface area contributed by atoms with Crippen LogP contribution in [0, 0.1) is 0 Å². The summed E-state index contributed by atoms with van der Waals surface area (Å²) in [6.07, 6.45) is 0. The monoisotopic (exact) mass is 306 g/mol. The number of hydrogen-bond donors (Lipinski definition) is 3. The second kappa shape index (κ2) is 5.46. The maximum Gasteiger partial charge on any atom is 0.251 e. The van der Waals surface area contributed by atoms with Gasteiger partial charge in [-0.25, -0.2) is 13.6 Å². The summed E-state index contributed by atoms with van der Waals surface area (Å²) < 4.78 is 22.6. The van der Waals surface area contributed by atoms with Gasteiger partial charge in [0.2, 0.25) is 10.0 Å². The van der Waals surface area contributed by atoms with Crippen molar-refractivity contribution in [3.8, 4) is 0 Å². The zero-order chi connectivity index (χ0) is 14.8. The minimum absolute atomic E-state index is 0.0551. The first-order valence-corrected chi connectivity index (χ1v) is 7.25. The molecule has 0 aliphatic rings. The fourth-order valence-corrected chi connectivity index (χ4v) is 2.35. The molecule has 0 radical (unpaired) electrons. The molecule has 0 aliphatic carbocycles. The molecule has 0 atom stereocenters. The quantitative estimate of drug-likeness (QED) is 0.752. The van der Waals surface area contributed by atoms with Gasteiger partial charge < -0.3 is 10.4 Å². The molecule has 0 spiro atoms. The maximum absolute atomic E-state index is 11.9. The van der Waals surface area contributed by atoms with Gasteiger partial charge in [-0.2, -0.15) is 0 Å². The fraction of sp³-hybridized carbons (Fsp3) is 0.364. The van der Waals surface area contributed by atoms with Crippen LogP contribution in [-0.4, -0.2) is 31.6 Å². The van der Waals surface area contributed by atoms with E-state index in [1.165, 1.54) is 12.1 Å². The lowest BCUT2D eigenvalue weighted by atomic mass is 10.1. The predicted molar refractivity (Wildman–Crippen MR) is 71.5 cm³/mol. The summed E-state index contributed by atoms with van der Waals surface area (Å²) in [7, 11) is -4.00. The van der Waals surface area contributed by atoms with Crippen molar-refractivity contribution in [2.75, 3.05) is 6.61 Å². The third-order valence-corrected chi connectivity index (χ3v) is 3.74. The van der Waals surface area contributed by atoms with E-state index in [1.807, 2.05) is 0 Å². The molecule has 0 aromatic heterocycles. The van der Waals surface area contributed by atoms with Crippen LogP contribution < -0.4 is 10.5 Å². The van der Waals surface area contributed by atoms with Crippen LogP contribution in [0.4, 0.5) is 0 Å². The van der Waals surface area contributed by atoms with E-state index in [4.69, 9.17) is 21.8 Å². The number of nitrogens with one attached hydrogen (secondary N) is 1. The van der Waals surface area contributed by atoms with Crippen LogP contribution in [-0.2, 0) is 10.0 Å². The van der Waals surface area contributed by atoms with Crippen molar-refractivity contribution in [1.29, 1.82) is 0 Å². The number of nitrogens with two attached hydrogens (primary N) is 1. The van der Waals surface area contributed by atoms with Gasteiger partial charge >= 0.3 is 0 Å². The van der Waals surface area contributed by atoms with E-state index in [1.54, 1.807) is 13.8 Å². The van der Waals surface area contributed by atoms with Crippen LogP contribution in [0.1, 0.15) is 24.2 Å². The van der Waals surface area contributed by atoms with Gasteiger partial charge in [0.15, 0.2) is 0 Å². The Kier molecular flexibility index (Phi) is 4.57. The normalized spacial score (nSPS) is 12.3. The molecule has 1 amide bonds. The van der Waals surface area contributed by atoms with E-state index in [-0.39, 0.29) is 22.1 Å². The number of hydrogen-bond acceptors (Lipinski definition) is 4. The minimum Gasteiger partial charge on any atom is -0.394 e. The third-order valence-electron chi connectivity index (χ3n) is 2.35. The lowest BCUT2D eigenvalue weighted by Crippen LogP contribution is -2.46. The zero-order valence-electron chi connectivity index (χ0n) is 10.5. The Balaban J connectivity index is 3.14. The molecule has 0 saturated heterocycles. The van der Waals surface area contributed by atoms with Gasteiger partial charge in [-0.3, -0.25) is 4.79 Å².